The number of carbonyl (C=O) groups is 1. The molecule has 142 valence electrons. The molecule has 2 N–H and O–H groups in total. The van der Waals surface area contributed by atoms with Gasteiger partial charge in [-0.3, -0.25) is 9.59 Å². The normalized spacial score (nSPS) is 16.5. The molecule has 2 aliphatic rings. The van der Waals surface area contributed by atoms with Crippen LogP contribution in [0.1, 0.15) is 60.1 Å². The van der Waals surface area contributed by atoms with Crippen LogP contribution in [0.25, 0.3) is 0 Å². The van der Waals surface area contributed by atoms with Gasteiger partial charge in [-0.05, 0) is 55.7 Å². The van der Waals surface area contributed by atoms with Gasteiger partial charge >= 0.3 is 0 Å². The second kappa shape index (κ2) is 7.62. The zero-order valence-corrected chi connectivity index (χ0v) is 15.3. The van der Waals surface area contributed by atoms with Crippen LogP contribution in [-0.4, -0.2) is 16.1 Å². The highest BCUT2D eigenvalue weighted by Crippen LogP contribution is 2.26. The summed E-state index contributed by atoms with van der Waals surface area (Å²) in [5.41, 5.74) is 4.08. The first-order valence-electron chi connectivity index (χ1n) is 9.76. The van der Waals surface area contributed by atoms with Gasteiger partial charge in [0, 0.05) is 30.0 Å². The van der Waals surface area contributed by atoms with Gasteiger partial charge in [-0.15, -0.1) is 0 Å². The molecular weight excluding hydrogens is 345 g/mol. The predicted octanol–water partition coefficient (Wildman–Crippen LogP) is 2.79. The number of rotatable bonds is 5. The molecule has 1 heterocycles. The summed E-state index contributed by atoms with van der Waals surface area (Å²) in [6.45, 7) is 0.201. The van der Waals surface area contributed by atoms with Crippen molar-refractivity contribution in [2.75, 3.05) is 0 Å². The van der Waals surface area contributed by atoms with Gasteiger partial charge in [0.1, 0.15) is 5.82 Å². The standard InChI is InChI=1S/C21H24FN3O2/c22-18-9-8-13(10-15(18)12-23-20(26)14-4-3-5-14)11-19-16-6-1-2-7-17(16)21(27)25-24-19/h8-10,14H,1-7,11-12H2,(H,23,26)(H,25,27). The number of amides is 1. The second-order valence-electron chi connectivity index (χ2n) is 7.61. The van der Waals surface area contributed by atoms with Crippen LogP contribution >= 0.6 is 0 Å². The summed E-state index contributed by atoms with van der Waals surface area (Å²) in [7, 11) is 0. The summed E-state index contributed by atoms with van der Waals surface area (Å²) in [5, 5.41) is 9.71. The predicted molar refractivity (Wildman–Crippen MR) is 99.9 cm³/mol. The third kappa shape index (κ3) is 3.80. The first kappa shape index (κ1) is 17.9. The molecule has 5 nitrogen and oxygen atoms in total. The van der Waals surface area contributed by atoms with Gasteiger partial charge in [0.15, 0.2) is 0 Å². The summed E-state index contributed by atoms with van der Waals surface area (Å²) in [5.74, 6) is -0.209. The lowest BCUT2D eigenvalue weighted by atomic mass is 9.85. The number of carbonyl (C=O) groups excluding carboxylic acids is 1. The zero-order chi connectivity index (χ0) is 18.8. The van der Waals surface area contributed by atoms with Crippen LogP contribution in [0.15, 0.2) is 23.0 Å². The topological polar surface area (TPSA) is 74.8 Å². The van der Waals surface area contributed by atoms with E-state index in [1.165, 1.54) is 6.07 Å². The highest BCUT2D eigenvalue weighted by Gasteiger charge is 2.25. The summed E-state index contributed by atoms with van der Waals surface area (Å²) in [6.07, 6.45) is 7.25. The molecule has 1 aromatic heterocycles. The monoisotopic (exact) mass is 369 g/mol. The van der Waals surface area contributed by atoms with E-state index in [-0.39, 0.29) is 29.7 Å². The number of nitrogens with one attached hydrogen (secondary N) is 2. The Morgan fingerprint density at radius 2 is 1.96 bits per heavy atom. The maximum Gasteiger partial charge on any atom is 0.267 e. The Balaban J connectivity index is 1.51. The quantitative estimate of drug-likeness (QED) is 0.851. The van der Waals surface area contributed by atoms with Crippen molar-refractivity contribution in [3.05, 3.63) is 62.3 Å². The van der Waals surface area contributed by atoms with Crippen molar-refractivity contribution in [2.24, 2.45) is 5.92 Å². The molecule has 1 amide bonds. The Hall–Kier alpha value is -2.50. The van der Waals surface area contributed by atoms with E-state index in [4.69, 9.17) is 0 Å². The van der Waals surface area contributed by atoms with Gasteiger partial charge < -0.3 is 5.32 Å². The molecule has 0 unspecified atom stereocenters. The Kier molecular flexibility index (Phi) is 5.05. The summed E-state index contributed by atoms with van der Waals surface area (Å²) >= 11 is 0. The van der Waals surface area contributed by atoms with Crippen molar-refractivity contribution in [3.63, 3.8) is 0 Å². The third-order valence-electron chi connectivity index (χ3n) is 5.79. The van der Waals surface area contributed by atoms with Gasteiger partial charge in [0.2, 0.25) is 5.91 Å². The van der Waals surface area contributed by atoms with Gasteiger partial charge in [0.25, 0.3) is 5.56 Å². The number of hydrogen-bond acceptors (Lipinski definition) is 3. The van der Waals surface area contributed by atoms with Gasteiger partial charge in [-0.25, -0.2) is 9.49 Å². The fraction of sp³-hybridized carbons (Fsp3) is 0.476. The van der Waals surface area contributed by atoms with Crippen molar-refractivity contribution < 1.29 is 9.18 Å². The molecule has 2 aromatic rings. The summed E-state index contributed by atoms with van der Waals surface area (Å²) < 4.78 is 14.2. The average Bonchev–Trinajstić information content (AvgIpc) is 2.63. The number of nitrogens with zero attached hydrogens (tertiary/aromatic N) is 1. The molecule has 27 heavy (non-hydrogen) atoms. The van der Waals surface area contributed by atoms with Crippen molar-refractivity contribution in [1.82, 2.24) is 15.5 Å². The van der Waals surface area contributed by atoms with Crippen molar-refractivity contribution in [3.8, 4) is 0 Å². The molecule has 1 fully saturated rings. The van der Waals surface area contributed by atoms with E-state index < -0.39 is 0 Å². The highest BCUT2D eigenvalue weighted by molar-refractivity contribution is 5.79. The number of hydrogen-bond donors (Lipinski definition) is 2. The minimum absolute atomic E-state index is 0.0161. The molecular formula is C21H24FN3O2. The van der Waals surface area contributed by atoms with Gasteiger partial charge in [0.05, 0.1) is 5.69 Å². The van der Waals surface area contributed by atoms with E-state index in [1.807, 2.05) is 0 Å². The van der Waals surface area contributed by atoms with Crippen molar-refractivity contribution in [2.45, 2.75) is 57.9 Å². The number of H-pyrrole nitrogens is 1. The fourth-order valence-corrected chi connectivity index (χ4v) is 3.94. The largest absolute Gasteiger partial charge is 0.352 e. The first-order chi connectivity index (χ1) is 13.1. The van der Waals surface area contributed by atoms with Crippen LogP contribution in [0.2, 0.25) is 0 Å². The fourth-order valence-electron chi connectivity index (χ4n) is 3.94. The molecule has 0 spiro atoms. The summed E-state index contributed by atoms with van der Waals surface area (Å²) in [6, 6.07) is 4.98. The SMILES string of the molecule is O=C(NCc1cc(Cc2n[nH]c(=O)c3c2CCCC3)ccc1F)C1CCC1. The van der Waals surface area contributed by atoms with E-state index in [0.717, 1.165) is 67.3 Å². The Labute approximate surface area is 157 Å². The maximum atomic E-state index is 14.2. The number of halogens is 1. The van der Waals surface area contributed by atoms with E-state index in [9.17, 15) is 14.0 Å². The molecule has 2 aliphatic carbocycles. The summed E-state index contributed by atoms with van der Waals surface area (Å²) in [4.78, 5) is 24.0. The molecule has 0 radical (unpaired) electrons. The number of fused-ring (bicyclic) bond motifs is 1. The van der Waals surface area contributed by atoms with Crippen molar-refractivity contribution >= 4 is 5.91 Å². The molecule has 6 heteroatoms. The third-order valence-corrected chi connectivity index (χ3v) is 5.79. The van der Waals surface area contributed by atoms with Crippen LogP contribution in [-0.2, 0) is 30.6 Å². The van der Waals surface area contributed by atoms with E-state index in [2.05, 4.69) is 15.5 Å². The average molecular weight is 369 g/mol. The molecule has 4 rings (SSSR count). The van der Waals surface area contributed by atoms with E-state index in [1.54, 1.807) is 12.1 Å². The van der Waals surface area contributed by atoms with Crippen LogP contribution in [0, 0.1) is 11.7 Å². The van der Waals surface area contributed by atoms with Crippen molar-refractivity contribution in [1.29, 1.82) is 0 Å². The molecule has 0 bridgehead atoms. The number of aromatic nitrogens is 2. The van der Waals surface area contributed by atoms with E-state index in [0.29, 0.717) is 12.0 Å². The highest BCUT2D eigenvalue weighted by atomic mass is 19.1. The number of benzene rings is 1. The minimum atomic E-state index is -0.316. The van der Waals surface area contributed by atoms with E-state index >= 15 is 0 Å². The molecule has 1 saturated carbocycles. The Morgan fingerprint density at radius 3 is 2.70 bits per heavy atom. The van der Waals surface area contributed by atoms with Gasteiger partial charge in [-0.1, -0.05) is 18.6 Å². The van der Waals surface area contributed by atoms with Crippen LogP contribution in [0.4, 0.5) is 4.39 Å². The maximum absolute atomic E-state index is 14.2. The molecule has 0 aliphatic heterocycles. The lowest BCUT2D eigenvalue weighted by Gasteiger charge is -2.24. The number of aromatic amines is 1. The van der Waals surface area contributed by atoms with Crippen LogP contribution in [0.3, 0.4) is 0 Å². The molecule has 0 atom stereocenters. The Bertz CT molecular complexity index is 918. The first-order valence-corrected chi connectivity index (χ1v) is 9.76. The van der Waals surface area contributed by atoms with Crippen LogP contribution in [0.5, 0.6) is 0 Å². The van der Waals surface area contributed by atoms with Crippen LogP contribution < -0.4 is 10.9 Å². The molecule has 0 saturated heterocycles. The van der Waals surface area contributed by atoms with Gasteiger partial charge in [-0.2, -0.15) is 5.10 Å². The molecule has 1 aromatic carbocycles. The lowest BCUT2D eigenvalue weighted by Crippen LogP contribution is -2.34. The smallest absolute Gasteiger partial charge is 0.267 e. The minimum Gasteiger partial charge on any atom is -0.352 e. The lowest BCUT2D eigenvalue weighted by molar-refractivity contribution is -0.127. The zero-order valence-electron chi connectivity index (χ0n) is 15.3. The Morgan fingerprint density at radius 1 is 1.19 bits per heavy atom. The second-order valence-corrected chi connectivity index (χ2v) is 7.61.